The predicted molar refractivity (Wildman–Crippen MR) is 88.0 cm³/mol. The van der Waals surface area contributed by atoms with E-state index in [1.807, 2.05) is 37.3 Å². The van der Waals surface area contributed by atoms with Crippen molar-refractivity contribution in [3.8, 4) is 0 Å². The molecule has 7 nitrogen and oxygen atoms in total. The molecule has 0 saturated carbocycles. The summed E-state index contributed by atoms with van der Waals surface area (Å²) in [6.07, 6.45) is -0.0656. The second kappa shape index (κ2) is 8.44. The topological polar surface area (TPSA) is 87.7 Å². The van der Waals surface area contributed by atoms with Crippen LogP contribution in [0.5, 0.6) is 0 Å². The van der Waals surface area contributed by atoms with E-state index in [0.717, 1.165) is 5.56 Å². The Labute approximate surface area is 141 Å². The van der Waals surface area contributed by atoms with Crippen molar-refractivity contribution in [2.24, 2.45) is 0 Å². The van der Waals surface area contributed by atoms with Gasteiger partial charge in [-0.15, -0.1) is 0 Å². The Morgan fingerprint density at radius 1 is 1.38 bits per heavy atom. The number of piperazine rings is 1. The first-order valence-electron chi connectivity index (χ1n) is 7.94. The van der Waals surface area contributed by atoms with Crippen molar-refractivity contribution in [1.29, 1.82) is 0 Å². The van der Waals surface area contributed by atoms with Crippen molar-refractivity contribution >= 4 is 17.8 Å². The molecule has 1 aromatic carbocycles. The van der Waals surface area contributed by atoms with Gasteiger partial charge in [0.1, 0.15) is 6.04 Å². The summed E-state index contributed by atoms with van der Waals surface area (Å²) >= 11 is 0. The molecule has 0 aliphatic carbocycles. The highest BCUT2D eigenvalue weighted by Crippen LogP contribution is 2.13. The van der Waals surface area contributed by atoms with Crippen LogP contribution in [0.1, 0.15) is 24.9 Å². The Morgan fingerprint density at radius 2 is 2.08 bits per heavy atom. The molecule has 2 amide bonds. The number of nitrogens with one attached hydrogen (secondary N) is 2. The standard InChI is InChI=1S/C17H23N3O4/c1-12(13-6-4-3-5-7-13)19-15(21)11-20-9-8-18-17(23)14(20)10-16(22)24-2/h3-7,12,14H,8-11H2,1-2H3,(H,18,23)(H,19,21)/t12-,14+/m1/s1. The number of esters is 1. The Hall–Kier alpha value is -2.41. The van der Waals surface area contributed by atoms with Crippen LogP contribution in [0, 0.1) is 0 Å². The van der Waals surface area contributed by atoms with Gasteiger partial charge in [0.25, 0.3) is 0 Å². The molecule has 1 saturated heterocycles. The lowest BCUT2D eigenvalue weighted by atomic mass is 10.1. The van der Waals surface area contributed by atoms with Gasteiger partial charge in [-0.1, -0.05) is 30.3 Å². The minimum atomic E-state index is -0.677. The number of methoxy groups -OCH3 is 1. The van der Waals surface area contributed by atoms with Gasteiger partial charge >= 0.3 is 5.97 Å². The third-order valence-electron chi connectivity index (χ3n) is 4.05. The third-order valence-corrected chi connectivity index (χ3v) is 4.05. The fourth-order valence-electron chi connectivity index (χ4n) is 2.71. The van der Waals surface area contributed by atoms with Gasteiger partial charge in [0.05, 0.1) is 26.1 Å². The summed E-state index contributed by atoms with van der Waals surface area (Å²) in [6, 6.07) is 8.83. The van der Waals surface area contributed by atoms with Gasteiger partial charge in [0.15, 0.2) is 0 Å². The van der Waals surface area contributed by atoms with Crippen molar-refractivity contribution in [3.63, 3.8) is 0 Å². The summed E-state index contributed by atoms with van der Waals surface area (Å²) in [5.74, 6) is -0.911. The lowest BCUT2D eigenvalue weighted by Gasteiger charge is -2.34. The first kappa shape index (κ1) is 17.9. The molecule has 130 valence electrons. The molecular formula is C17H23N3O4. The Morgan fingerprint density at radius 3 is 2.75 bits per heavy atom. The lowest BCUT2D eigenvalue weighted by Crippen LogP contribution is -2.58. The van der Waals surface area contributed by atoms with Gasteiger partial charge in [-0.25, -0.2) is 0 Å². The van der Waals surface area contributed by atoms with Gasteiger partial charge < -0.3 is 15.4 Å². The normalized spacial score (nSPS) is 19.2. The van der Waals surface area contributed by atoms with Crippen molar-refractivity contribution in [3.05, 3.63) is 35.9 Å². The molecule has 1 fully saturated rings. The second-order valence-corrected chi connectivity index (χ2v) is 5.76. The molecule has 0 radical (unpaired) electrons. The first-order chi connectivity index (χ1) is 11.5. The maximum atomic E-state index is 12.3. The van der Waals surface area contributed by atoms with Crippen LogP contribution in [-0.4, -0.2) is 55.5 Å². The number of hydrogen-bond acceptors (Lipinski definition) is 5. The summed E-state index contributed by atoms with van der Waals surface area (Å²) in [5, 5.41) is 5.63. The average Bonchev–Trinajstić information content (AvgIpc) is 2.58. The van der Waals surface area contributed by atoms with Gasteiger partial charge in [-0.05, 0) is 12.5 Å². The fourth-order valence-corrected chi connectivity index (χ4v) is 2.71. The first-order valence-corrected chi connectivity index (χ1v) is 7.94. The van der Waals surface area contributed by atoms with Crippen LogP contribution in [0.2, 0.25) is 0 Å². The molecule has 0 bridgehead atoms. The molecule has 1 heterocycles. The zero-order valence-corrected chi connectivity index (χ0v) is 14.0. The third kappa shape index (κ3) is 4.79. The van der Waals surface area contributed by atoms with E-state index in [2.05, 4.69) is 15.4 Å². The van der Waals surface area contributed by atoms with Crippen molar-refractivity contribution in [1.82, 2.24) is 15.5 Å². The van der Waals surface area contributed by atoms with E-state index in [-0.39, 0.29) is 30.8 Å². The van der Waals surface area contributed by atoms with Crippen LogP contribution in [0.3, 0.4) is 0 Å². The van der Waals surface area contributed by atoms with E-state index in [4.69, 9.17) is 0 Å². The fraction of sp³-hybridized carbons (Fsp3) is 0.471. The van der Waals surface area contributed by atoms with Crippen LogP contribution in [0.15, 0.2) is 30.3 Å². The highest BCUT2D eigenvalue weighted by atomic mass is 16.5. The molecule has 24 heavy (non-hydrogen) atoms. The summed E-state index contributed by atoms with van der Waals surface area (Å²) in [5.41, 5.74) is 1.01. The molecule has 1 aliphatic heterocycles. The molecule has 2 atom stereocenters. The molecule has 1 aliphatic rings. The van der Waals surface area contributed by atoms with Crippen molar-refractivity contribution in [2.75, 3.05) is 26.7 Å². The van der Waals surface area contributed by atoms with E-state index in [1.54, 1.807) is 4.90 Å². The number of nitrogens with zero attached hydrogens (tertiary/aromatic N) is 1. The zero-order chi connectivity index (χ0) is 17.5. The van der Waals surface area contributed by atoms with Gasteiger partial charge in [0, 0.05) is 13.1 Å². The van der Waals surface area contributed by atoms with E-state index >= 15 is 0 Å². The van der Waals surface area contributed by atoms with Crippen LogP contribution in [0.25, 0.3) is 0 Å². The van der Waals surface area contributed by atoms with E-state index in [0.29, 0.717) is 13.1 Å². The van der Waals surface area contributed by atoms with E-state index in [9.17, 15) is 14.4 Å². The predicted octanol–water partition coefficient (Wildman–Crippen LogP) is 0.227. The van der Waals surface area contributed by atoms with Crippen molar-refractivity contribution in [2.45, 2.75) is 25.4 Å². The largest absolute Gasteiger partial charge is 0.469 e. The molecule has 0 spiro atoms. The van der Waals surface area contributed by atoms with Crippen molar-refractivity contribution < 1.29 is 19.1 Å². The highest BCUT2D eigenvalue weighted by molar-refractivity contribution is 5.88. The monoisotopic (exact) mass is 333 g/mol. The van der Waals surface area contributed by atoms with E-state index in [1.165, 1.54) is 7.11 Å². The molecule has 1 aromatic rings. The Balaban J connectivity index is 1.95. The number of carbonyl (C=O) groups is 3. The van der Waals surface area contributed by atoms with Crippen LogP contribution in [0.4, 0.5) is 0 Å². The number of carbonyl (C=O) groups excluding carboxylic acids is 3. The highest BCUT2D eigenvalue weighted by Gasteiger charge is 2.33. The maximum Gasteiger partial charge on any atom is 0.307 e. The zero-order valence-electron chi connectivity index (χ0n) is 14.0. The molecule has 2 rings (SSSR count). The number of amides is 2. The summed E-state index contributed by atoms with van der Waals surface area (Å²) < 4.78 is 4.63. The Kier molecular flexibility index (Phi) is 6.31. The lowest BCUT2D eigenvalue weighted by molar-refractivity contribution is -0.146. The minimum Gasteiger partial charge on any atom is -0.469 e. The number of rotatable bonds is 6. The number of benzene rings is 1. The molecule has 0 unspecified atom stereocenters. The summed E-state index contributed by atoms with van der Waals surface area (Å²) in [6.45, 7) is 2.94. The quantitative estimate of drug-likeness (QED) is 0.728. The summed E-state index contributed by atoms with van der Waals surface area (Å²) in [4.78, 5) is 37.5. The smallest absolute Gasteiger partial charge is 0.307 e. The van der Waals surface area contributed by atoms with Crippen LogP contribution in [-0.2, 0) is 19.1 Å². The van der Waals surface area contributed by atoms with Gasteiger partial charge in [-0.3, -0.25) is 19.3 Å². The number of hydrogen-bond donors (Lipinski definition) is 2. The second-order valence-electron chi connectivity index (χ2n) is 5.76. The SMILES string of the molecule is COC(=O)C[C@H]1C(=O)NCCN1CC(=O)N[C@H](C)c1ccccc1. The summed E-state index contributed by atoms with van der Waals surface area (Å²) in [7, 11) is 1.28. The molecule has 2 N–H and O–H groups in total. The molecular weight excluding hydrogens is 310 g/mol. The van der Waals surface area contributed by atoms with Crippen LogP contribution < -0.4 is 10.6 Å². The average molecular weight is 333 g/mol. The molecule has 0 aromatic heterocycles. The van der Waals surface area contributed by atoms with Gasteiger partial charge in [0.2, 0.25) is 11.8 Å². The minimum absolute atomic E-state index is 0.0618. The van der Waals surface area contributed by atoms with Crippen LogP contribution >= 0.6 is 0 Å². The van der Waals surface area contributed by atoms with Gasteiger partial charge in [-0.2, -0.15) is 0 Å². The maximum absolute atomic E-state index is 12.3. The number of ether oxygens (including phenoxy) is 1. The Bertz CT molecular complexity index is 591. The van der Waals surface area contributed by atoms with E-state index < -0.39 is 12.0 Å². The molecule has 7 heteroatoms.